The molecule has 1 saturated heterocycles. The summed E-state index contributed by atoms with van der Waals surface area (Å²) in [6, 6.07) is 16.3. The van der Waals surface area contributed by atoms with Crippen LogP contribution in [0, 0.1) is 5.92 Å². The van der Waals surface area contributed by atoms with E-state index in [9.17, 15) is 4.79 Å². The summed E-state index contributed by atoms with van der Waals surface area (Å²) in [6.45, 7) is 1.52. The molecule has 1 aromatic heterocycles. The molecule has 27 heavy (non-hydrogen) atoms. The van der Waals surface area contributed by atoms with E-state index < -0.39 is 0 Å². The Hall–Kier alpha value is -2.46. The summed E-state index contributed by atoms with van der Waals surface area (Å²) in [4.78, 5) is 16.6. The van der Waals surface area contributed by atoms with Gasteiger partial charge in [0.25, 0.3) is 0 Å². The zero-order chi connectivity index (χ0) is 18.8. The first kappa shape index (κ1) is 17.9. The highest BCUT2D eigenvalue weighted by Crippen LogP contribution is 2.36. The van der Waals surface area contributed by atoms with E-state index in [0.717, 1.165) is 42.9 Å². The zero-order valence-electron chi connectivity index (χ0n) is 15.2. The number of urea groups is 1. The Bertz CT molecular complexity index is 937. The van der Waals surface area contributed by atoms with E-state index in [0.29, 0.717) is 11.8 Å². The van der Waals surface area contributed by atoms with Crippen LogP contribution in [-0.4, -0.2) is 29.0 Å². The van der Waals surface area contributed by atoms with Crippen LogP contribution in [0.1, 0.15) is 29.9 Å². The van der Waals surface area contributed by atoms with Crippen LogP contribution in [0.4, 0.5) is 4.79 Å². The first-order valence-corrected chi connectivity index (χ1v) is 9.83. The van der Waals surface area contributed by atoms with Gasteiger partial charge in [-0.1, -0.05) is 41.9 Å². The van der Waals surface area contributed by atoms with Gasteiger partial charge in [0.05, 0.1) is 0 Å². The average Bonchev–Trinajstić information content (AvgIpc) is 3.29. The van der Waals surface area contributed by atoms with Crippen LogP contribution >= 0.6 is 11.6 Å². The maximum absolute atomic E-state index is 11.5. The number of primary amides is 1. The number of carbonyl (C=O) groups is 1. The van der Waals surface area contributed by atoms with Crippen LogP contribution in [0.5, 0.6) is 0 Å². The number of aromatic amines is 1. The molecule has 0 aliphatic carbocycles. The average molecular weight is 382 g/mol. The third-order valence-corrected chi connectivity index (χ3v) is 5.89. The molecule has 3 aromatic rings. The minimum absolute atomic E-state index is 0.309. The molecule has 1 aliphatic rings. The topological polar surface area (TPSA) is 62.1 Å². The van der Waals surface area contributed by atoms with Gasteiger partial charge in [-0.3, -0.25) is 0 Å². The van der Waals surface area contributed by atoms with Gasteiger partial charge in [-0.05, 0) is 60.4 Å². The fraction of sp³-hybridized carbons (Fsp3) is 0.318. The van der Waals surface area contributed by atoms with Crippen molar-refractivity contribution in [1.82, 2.24) is 9.88 Å². The predicted octanol–water partition coefficient (Wildman–Crippen LogP) is 4.94. The Morgan fingerprint density at radius 2 is 2.07 bits per heavy atom. The number of halogens is 1. The molecule has 5 heteroatoms. The summed E-state index contributed by atoms with van der Waals surface area (Å²) in [6.07, 6.45) is 5.12. The molecule has 2 atom stereocenters. The minimum atomic E-state index is -0.309. The Kier molecular flexibility index (Phi) is 5.08. The van der Waals surface area contributed by atoms with Crippen LogP contribution < -0.4 is 5.73 Å². The lowest BCUT2D eigenvalue weighted by Gasteiger charge is -2.21. The fourth-order valence-corrected chi connectivity index (χ4v) is 4.47. The molecule has 140 valence electrons. The van der Waals surface area contributed by atoms with Crippen LogP contribution in [0.15, 0.2) is 54.7 Å². The molecule has 2 aromatic carbocycles. The van der Waals surface area contributed by atoms with Crippen molar-refractivity contribution < 1.29 is 4.79 Å². The highest BCUT2D eigenvalue weighted by molar-refractivity contribution is 6.31. The summed E-state index contributed by atoms with van der Waals surface area (Å²) in [7, 11) is 0. The number of H-pyrrole nitrogens is 1. The SMILES string of the molecule is NC(=O)N1CCC(CC(Cc2ccccc2)c2c[nH]c3ccc(Cl)cc23)C1. The van der Waals surface area contributed by atoms with E-state index in [-0.39, 0.29) is 6.03 Å². The Morgan fingerprint density at radius 3 is 2.81 bits per heavy atom. The number of rotatable bonds is 5. The monoisotopic (exact) mass is 381 g/mol. The lowest BCUT2D eigenvalue weighted by molar-refractivity contribution is 0.216. The van der Waals surface area contributed by atoms with E-state index in [1.807, 2.05) is 24.3 Å². The molecule has 0 saturated carbocycles. The second-order valence-corrected chi connectivity index (χ2v) is 7.93. The molecule has 1 fully saturated rings. The van der Waals surface area contributed by atoms with Crippen molar-refractivity contribution in [3.05, 3.63) is 70.9 Å². The third kappa shape index (κ3) is 3.96. The van der Waals surface area contributed by atoms with Gasteiger partial charge in [-0.15, -0.1) is 0 Å². The molecule has 0 spiro atoms. The lowest BCUT2D eigenvalue weighted by atomic mass is 9.84. The molecule has 2 heterocycles. The summed E-state index contributed by atoms with van der Waals surface area (Å²) in [5.41, 5.74) is 9.20. The van der Waals surface area contributed by atoms with Crippen LogP contribution in [-0.2, 0) is 6.42 Å². The van der Waals surface area contributed by atoms with Crippen molar-refractivity contribution in [2.45, 2.75) is 25.2 Å². The number of carbonyl (C=O) groups excluding carboxylic acids is 1. The van der Waals surface area contributed by atoms with Gasteiger partial charge in [0.15, 0.2) is 0 Å². The van der Waals surface area contributed by atoms with Crippen molar-refractivity contribution in [3.8, 4) is 0 Å². The number of amides is 2. The summed E-state index contributed by atoms with van der Waals surface area (Å²) >= 11 is 6.26. The van der Waals surface area contributed by atoms with Gasteiger partial charge < -0.3 is 15.6 Å². The largest absolute Gasteiger partial charge is 0.361 e. The van der Waals surface area contributed by atoms with Crippen LogP contribution in [0.25, 0.3) is 10.9 Å². The lowest BCUT2D eigenvalue weighted by Crippen LogP contribution is -2.33. The number of hydrogen-bond acceptors (Lipinski definition) is 1. The highest BCUT2D eigenvalue weighted by atomic mass is 35.5. The van der Waals surface area contributed by atoms with Crippen molar-refractivity contribution >= 4 is 28.5 Å². The van der Waals surface area contributed by atoms with E-state index in [1.54, 1.807) is 4.90 Å². The van der Waals surface area contributed by atoms with E-state index >= 15 is 0 Å². The van der Waals surface area contributed by atoms with Crippen molar-refractivity contribution in [2.24, 2.45) is 11.7 Å². The van der Waals surface area contributed by atoms with Gasteiger partial charge in [0.2, 0.25) is 0 Å². The number of nitrogens with one attached hydrogen (secondary N) is 1. The number of likely N-dealkylation sites (tertiary alicyclic amines) is 1. The van der Waals surface area contributed by atoms with Gasteiger partial charge in [-0.2, -0.15) is 0 Å². The van der Waals surface area contributed by atoms with Crippen LogP contribution in [0.3, 0.4) is 0 Å². The first-order chi connectivity index (χ1) is 13.1. The molecule has 0 radical (unpaired) electrons. The summed E-state index contributed by atoms with van der Waals surface area (Å²) in [5, 5.41) is 1.94. The van der Waals surface area contributed by atoms with Gasteiger partial charge >= 0.3 is 6.03 Å². The molecule has 2 amide bonds. The molecular formula is C22H24ClN3O. The maximum Gasteiger partial charge on any atom is 0.314 e. The van der Waals surface area contributed by atoms with Gasteiger partial charge in [0, 0.05) is 35.2 Å². The fourth-order valence-electron chi connectivity index (χ4n) is 4.30. The van der Waals surface area contributed by atoms with E-state index in [2.05, 4.69) is 35.4 Å². The first-order valence-electron chi connectivity index (χ1n) is 9.45. The molecule has 1 aliphatic heterocycles. The van der Waals surface area contributed by atoms with E-state index in [4.69, 9.17) is 17.3 Å². The molecule has 0 bridgehead atoms. The second-order valence-electron chi connectivity index (χ2n) is 7.50. The predicted molar refractivity (Wildman–Crippen MR) is 110 cm³/mol. The van der Waals surface area contributed by atoms with Gasteiger partial charge in [0.1, 0.15) is 0 Å². The number of aromatic nitrogens is 1. The van der Waals surface area contributed by atoms with Crippen molar-refractivity contribution in [3.63, 3.8) is 0 Å². The maximum atomic E-state index is 11.5. The number of fused-ring (bicyclic) bond motifs is 1. The van der Waals surface area contributed by atoms with E-state index in [1.165, 1.54) is 16.5 Å². The number of nitrogens with two attached hydrogens (primary N) is 1. The Balaban J connectivity index is 1.63. The number of hydrogen-bond donors (Lipinski definition) is 2. The molecule has 2 unspecified atom stereocenters. The normalized spacial score (nSPS) is 18.1. The highest BCUT2D eigenvalue weighted by Gasteiger charge is 2.28. The number of benzene rings is 2. The van der Waals surface area contributed by atoms with Crippen molar-refractivity contribution in [2.75, 3.05) is 13.1 Å². The Morgan fingerprint density at radius 1 is 1.26 bits per heavy atom. The molecule has 4 nitrogen and oxygen atoms in total. The van der Waals surface area contributed by atoms with Gasteiger partial charge in [-0.25, -0.2) is 4.79 Å². The third-order valence-electron chi connectivity index (χ3n) is 5.66. The van der Waals surface area contributed by atoms with Crippen LogP contribution in [0.2, 0.25) is 5.02 Å². The second kappa shape index (κ2) is 7.65. The smallest absolute Gasteiger partial charge is 0.314 e. The number of nitrogens with zero attached hydrogens (tertiary/aromatic N) is 1. The molecule has 3 N–H and O–H groups in total. The molecular weight excluding hydrogens is 358 g/mol. The Labute approximate surface area is 164 Å². The molecule has 4 rings (SSSR count). The standard InChI is InChI=1S/C22H24ClN3O/c23-18-6-7-21-19(12-18)20(13-25-21)17(10-15-4-2-1-3-5-15)11-16-8-9-26(14-16)22(24)27/h1-7,12-13,16-17,25H,8-11,14H2,(H2,24,27). The van der Waals surface area contributed by atoms with Crippen molar-refractivity contribution in [1.29, 1.82) is 0 Å². The summed E-state index contributed by atoms with van der Waals surface area (Å²) < 4.78 is 0. The minimum Gasteiger partial charge on any atom is -0.361 e. The summed E-state index contributed by atoms with van der Waals surface area (Å²) in [5.74, 6) is 0.827. The quantitative estimate of drug-likeness (QED) is 0.646. The zero-order valence-corrected chi connectivity index (χ0v) is 16.0.